The molecule has 2 aromatic heterocycles. The highest BCUT2D eigenvalue weighted by Gasteiger charge is 2.36. The van der Waals surface area contributed by atoms with Gasteiger partial charge in [-0.2, -0.15) is 0 Å². The van der Waals surface area contributed by atoms with E-state index in [9.17, 15) is 4.39 Å². The van der Waals surface area contributed by atoms with Gasteiger partial charge in [0.05, 0.1) is 10.5 Å². The smallest absolute Gasteiger partial charge is 0.191 e. The summed E-state index contributed by atoms with van der Waals surface area (Å²) in [5.41, 5.74) is 3.47. The molecule has 0 aliphatic rings. The van der Waals surface area contributed by atoms with Crippen molar-refractivity contribution < 1.29 is 8.82 Å². The first-order chi connectivity index (χ1) is 17.0. The van der Waals surface area contributed by atoms with E-state index in [1.165, 1.54) is 11.6 Å². The first kappa shape index (κ1) is 26.2. The number of aryl methyl sites for hydroxylation is 1. The van der Waals surface area contributed by atoms with Gasteiger partial charge in [0.15, 0.2) is 14.1 Å². The van der Waals surface area contributed by atoms with Crippen molar-refractivity contribution in [2.24, 2.45) is 0 Å². The predicted octanol–water partition coefficient (Wildman–Crippen LogP) is 8.18. The number of anilines is 2. The van der Waals surface area contributed by atoms with Gasteiger partial charge in [-0.25, -0.2) is 14.4 Å². The van der Waals surface area contributed by atoms with Gasteiger partial charge in [-0.15, -0.1) is 0 Å². The van der Waals surface area contributed by atoms with Crippen molar-refractivity contribution >= 4 is 42.3 Å². The normalized spacial score (nSPS) is 12.2. The number of halogens is 2. The average molecular weight is 523 g/mol. The molecule has 0 saturated carbocycles. The molecule has 0 saturated heterocycles. The van der Waals surface area contributed by atoms with Crippen LogP contribution in [0.2, 0.25) is 23.2 Å². The van der Waals surface area contributed by atoms with Crippen molar-refractivity contribution in [1.82, 2.24) is 15.0 Å². The van der Waals surface area contributed by atoms with Crippen molar-refractivity contribution in [3.05, 3.63) is 77.3 Å². The number of hydrogen-bond donors (Lipinski definition) is 1. The second-order valence-corrected chi connectivity index (χ2v) is 15.7. The van der Waals surface area contributed by atoms with Crippen LogP contribution in [0.5, 0.6) is 0 Å². The van der Waals surface area contributed by atoms with Crippen LogP contribution >= 0.6 is 11.6 Å². The molecule has 4 aromatic rings. The molecule has 0 atom stereocenters. The number of nitrogens with zero attached hydrogens (tertiary/aromatic N) is 3. The van der Waals surface area contributed by atoms with Crippen molar-refractivity contribution in [3.8, 4) is 11.4 Å². The summed E-state index contributed by atoms with van der Waals surface area (Å²) in [5, 5.41) is 4.41. The molecule has 0 bridgehead atoms. The summed E-state index contributed by atoms with van der Waals surface area (Å²) >= 11 is 6.00. The summed E-state index contributed by atoms with van der Waals surface area (Å²) in [7, 11) is -1.75. The Morgan fingerprint density at radius 2 is 1.86 bits per heavy atom. The Labute approximate surface area is 218 Å². The number of fused-ring (bicyclic) bond motifs is 1. The lowest BCUT2D eigenvalue weighted by atomic mass is 10.1. The molecule has 0 aliphatic heterocycles. The molecule has 188 valence electrons. The second-order valence-electron chi connectivity index (χ2n) is 10.5. The molecule has 0 unspecified atom stereocenters. The van der Waals surface area contributed by atoms with E-state index in [2.05, 4.69) is 56.3 Å². The van der Waals surface area contributed by atoms with Crippen LogP contribution in [-0.4, -0.2) is 29.9 Å². The van der Waals surface area contributed by atoms with Crippen molar-refractivity contribution in [2.45, 2.75) is 51.7 Å². The maximum atomic E-state index is 13.7. The SMILES string of the molecule is CC(C)(C)[Si](C)(C)OCCCc1ccc2c(Nc3ccc(F)c(Cl)c3)nc(-c3cccnc3)nc2c1. The minimum atomic E-state index is -1.75. The van der Waals surface area contributed by atoms with Crippen LogP contribution in [0.15, 0.2) is 60.9 Å². The molecular formula is C28H32ClFN4OSi. The predicted molar refractivity (Wildman–Crippen MR) is 149 cm³/mol. The third-order valence-corrected chi connectivity index (χ3v) is 11.6. The Morgan fingerprint density at radius 1 is 1.06 bits per heavy atom. The summed E-state index contributed by atoms with van der Waals surface area (Å²) in [6, 6.07) is 14.5. The lowest BCUT2D eigenvalue weighted by Crippen LogP contribution is -2.41. The number of benzene rings is 2. The van der Waals surface area contributed by atoms with E-state index in [-0.39, 0.29) is 10.1 Å². The lowest BCUT2D eigenvalue weighted by molar-refractivity contribution is 0.282. The summed E-state index contributed by atoms with van der Waals surface area (Å²) in [5.74, 6) is 0.715. The summed E-state index contributed by atoms with van der Waals surface area (Å²) in [6.07, 6.45) is 5.29. The van der Waals surface area contributed by atoms with E-state index >= 15 is 0 Å². The number of rotatable bonds is 8. The van der Waals surface area contributed by atoms with Gasteiger partial charge in [-0.1, -0.05) is 38.4 Å². The minimum Gasteiger partial charge on any atom is -0.417 e. The molecule has 2 heterocycles. The van der Waals surface area contributed by atoms with Crippen molar-refractivity contribution in [2.75, 3.05) is 11.9 Å². The molecule has 36 heavy (non-hydrogen) atoms. The van der Waals surface area contributed by atoms with Gasteiger partial charge in [-0.05, 0) is 79.0 Å². The Kier molecular flexibility index (Phi) is 7.73. The minimum absolute atomic E-state index is 0.0491. The molecule has 0 amide bonds. The zero-order valence-electron chi connectivity index (χ0n) is 21.4. The molecule has 0 fully saturated rings. The van der Waals surface area contributed by atoms with E-state index in [0.717, 1.165) is 35.9 Å². The second kappa shape index (κ2) is 10.6. The third kappa shape index (κ3) is 6.09. The van der Waals surface area contributed by atoms with Gasteiger partial charge in [-0.3, -0.25) is 4.98 Å². The molecule has 2 aromatic carbocycles. The Bertz CT molecular complexity index is 1360. The highest BCUT2D eigenvalue weighted by Crippen LogP contribution is 2.36. The van der Waals surface area contributed by atoms with Crippen LogP contribution in [0.3, 0.4) is 0 Å². The molecule has 5 nitrogen and oxygen atoms in total. The van der Waals surface area contributed by atoms with E-state index in [1.807, 2.05) is 18.2 Å². The third-order valence-electron chi connectivity index (χ3n) is 6.74. The number of hydrogen-bond acceptors (Lipinski definition) is 5. The maximum Gasteiger partial charge on any atom is 0.191 e. The maximum absolute atomic E-state index is 13.7. The summed E-state index contributed by atoms with van der Waals surface area (Å²) in [6.45, 7) is 12.1. The van der Waals surface area contributed by atoms with Crippen LogP contribution in [0.4, 0.5) is 15.9 Å². The van der Waals surface area contributed by atoms with Crippen LogP contribution in [0.1, 0.15) is 32.8 Å². The molecule has 1 N–H and O–H groups in total. The summed E-state index contributed by atoms with van der Waals surface area (Å²) < 4.78 is 20.0. The Balaban J connectivity index is 1.62. The molecular weight excluding hydrogens is 491 g/mol. The first-order valence-electron chi connectivity index (χ1n) is 12.1. The van der Waals surface area contributed by atoms with Crippen molar-refractivity contribution in [3.63, 3.8) is 0 Å². The van der Waals surface area contributed by atoms with Crippen LogP contribution < -0.4 is 5.32 Å². The van der Waals surface area contributed by atoms with Crippen LogP contribution in [-0.2, 0) is 10.8 Å². The fourth-order valence-electron chi connectivity index (χ4n) is 3.58. The van der Waals surface area contributed by atoms with Gasteiger partial charge < -0.3 is 9.74 Å². The van der Waals surface area contributed by atoms with Crippen LogP contribution in [0, 0.1) is 5.82 Å². The van der Waals surface area contributed by atoms with Gasteiger partial charge in [0.2, 0.25) is 0 Å². The molecule has 4 rings (SSSR count). The Hall–Kier alpha value is -2.87. The largest absolute Gasteiger partial charge is 0.417 e. The van der Waals surface area contributed by atoms with E-state index in [4.69, 9.17) is 26.0 Å². The standard InChI is InChI=1S/C28H32ClFN4OSi/c1-28(2,3)36(4,5)35-15-7-8-19-10-12-22-25(16-19)33-26(20-9-6-14-31-18-20)34-27(22)32-21-11-13-24(30)23(29)17-21/h6,9-14,16-18H,7-8,15H2,1-5H3,(H,32,33,34). The highest BCUT2D eigenvalue weighted by atomic mass is 35.5. The fraction of sp³-hybridized carbons (Fsp3) is 0.321. The van der Waals surface area contributed by atoms with E-state index < -0.39 is 14.1 Å². The van der Waals surface area contributed by atoms with E-state index in [1.54, 1.807) is 24.5 Å². The zero-order chi connectivity index (χ0) is 25.9. The Morgan fingerprint density at radius 3 is 2.56 bits per heavy atom. The molecule has 0 spiro atoms. The molecule has 0 aliphatic carbocycles. The highest BCUT2D eigenvalue weighted by molar-refractivity contribution is 6.74. The zero-order valence-corrected chi connectivity index (χ0v) is 23.2. The van der Waals surface area contributed by atoms with Gasteiger partial charge in [0.25, 0.3) is 0 Å². The van der Waals surface area contributed by atoms with E-state index in [0.29, 0.717) is 17.3 Å². The quantitative estimate of drug-likeness (QED) is 0.187. The number of aromatic nitrogens is 3. The first-order valence-corrected chi connectivity index (χ1v) is 15.4. The monoisotopic (exact) mass is 522 g/mol. The fourth-order valence-corrected chi connectivity index (χ4v) is 4.85. The van der Waals surface area contributed by atoms with Gasteiger partial charge in [0, 0.05) is 35.6 Å². The average Bonchev–Trinajstić information content (AvgIpc) is 2.83. The summed E-state index contributed by atoms with van der Waals surface area (Å²) in [4.78, 5) is 13.8. The van der Waals surface area contributed by atoms with Gasteiger partial charge in [0.1, 0.15) is 11.6 Å². The lowest BCUT2D eigenvalue weighted by Gasteiger charge is -2.36. The number of pyridine rings is 1. The topological polar surface area (TPSA) is 59.9 Å². The van der Waals surface area contributed by atoms with Crippen molar-refractivity contribution in [1.29, 1.82) is 0 Å². The molecule has 8 heteroatoms. The van der Waals surface area contributed by atoms with Crippen LogP contribution in [0.25, 0.3) is 22.3 Å². The number of nitrogens with one attached hydrogen (secondary N) is 1. The molecule has 0 radical (unpaired) electrons. The van der Waals surface area contributed by atoms with Gasteiger partial charge >= 0.3 is 0 Å².